The Hall–Kier alpha value is -2.06. The van der Waals surface area contributed by atoms with E-state index in [1.807, 2.05) is 39.2 Å². The number of aromatic nitrogens is 5. The van der Waals surface area contributed by atoms with Crippen LogP contribution in [0.4, 0.5) is 0 Å². The number of halogens is 1. The maximum atomic E-state index is 5.87. The Morgan fingerprint density at radius 3 is 2.80 bits per heavy atom. The number of nitrogens with zero attached hydrogens (tertiary/aromatic N) is 6. The summed E-state index contributed by atoms with van der Waals surface area (Å²) in [6, 6.07) is 5.66. The first kappa shape index (κ1) is 17.8. The van der Waals surface area contributed by atoms with Gasteiger partial charge in [-0.05, 0) is 38.7 Å². The van der Waals surface area contributed by atoms with Gasteiger partial charge in [0.25, 0.3) is 0 Å². The van der Waals surface area contributed by atoms with Crippen LogP contribution in [0.25, 0.3) is 5.78 Å². The van der Waals surface area contributed by atoms with Gasteiger partial charge in [-0.1, -0.05) is 34.6 Å². The molecule has 0 aliphatic carbocycles. The van der Waals surface area contributed by atoms with Gasteiger partial charge in [-0.2, -0.15) is 9.50 Å². The molecule has 0 aromatic carbocycles. The van der Waals surface area contributed by atoms with Gasteiger partial charge in [0.2, 0.25) is 10.9 Å². The highest BCUT2D eigenvalue weighted by atomic mass is 35.5. The summed E-state index contributed by atoms with van der Waals surface area (Å²) in [7, 11) is 0. The Bertz CT molecular complexity index is 948. The minimum absolute atomic E-state index is 0.00799. The molecular weight excluding hydrogens is 360 g/mol. The van der Waals surface area contributed by atoms with Gasteiger partial charge >= 0.3 is 0 Å². The van der Waals surface area contributed by atoms with E-state index >= 15 is 0 Å². The second kappa shape index (κ2) is 7.45. The molecule has 0 spiro atoms. The van der Waals surface area contributed by atoms with Gasteiger partial charge in [-0.25, -0.2) is 4.98 Å². The lowest BCUT2D eigenvalue weighted by molar-refractivity contribution is 0.0747. The molecule has 3 rings (SSSR count). The van der Waals surface area contributed by atoms with Crippen molar-refractivity contribution in [1.29, 1.82) is 0 Å². The van der Waals surface area contributed by atoms with Crippen molar-refractivity contribution in [2.75, 3.05) is 6.26 Å². The van der Waals surface area contributed by atoms with Gasteiger partial charge in [-0.3, -0.25) is 0 Å². The molecule has 132 valence electrons. The zero-order valence-corrected chi connectivity index (χ0v) is 16.0. The molecule has 0 aliphatic heterocycles. The molecule has 0 unspecified atom stereocenters. The summed E-state index contributed by atoms with van der Waals surface area (Å²) in [5.74, 6) is 0.699. The van der Waals surface area contributed by atoms with E-state index < -0.39 is 0 Å². The first-order valence-electron chi connectivity index (χ1n) is 7.79. The first-order valence-corrected chi connectivity index (χ1v) is 9.39. The highest BCUT2D eigenvalue weighted by molar-refractivity contribution is 7.98. The first-order chi connectivity index (χ1) is 12.0. The van der Waals surface area contributed by atoms with E-state index in [0.29, 0.717) is 28.1 Å². The summed E-state index contributed by atoms with van der Waals surface area (Å²) in [5, 5.41) is 9.86. The van der Waals surface area contributed by atoms with Gasteiger partial charge in [0.05, 0.1) is 6.54 Å². The Balaban J connectivity index is 2.13. The van der Waals surface area contributed by atoms with E-state index in [2.05, 4.69) is 24.8 Å². The number of fused-ring (bicyclic) bond motifs is 1. The van der Waals surface area contributed by atoms with Crippen molar-refractivity contribution in [3.63, 3.8) is 0 Å². The maximum Gasteiger partial charge on any atom is 0.235 e. The lowest BCUT2D eigenvalue weighted by atomic mass is 10.2. The summed E-state index contributed by atoms with van der Waals surface area (Å²) < 4.78 is 3.76. The number of thioether (sulfide) groups is 1. The fourth-order valence-corrected chi connectivity index (χ4v) is 2.73. The molecule has 0 aliphatic rings. The molecule has 25 heavy (non-hydrogen) atoms. The largest absolute Gasteiger partial charge is 0.391 e. The van der Waals surface area contributed by atoms with Crippen LogP contribution >= 0.6 is 23.4 Å². The molecular formula is C16H19ClN6OS. The smallest absolute Gasteiger partial charge is 0.235 e. The monoisotopic (exact) mass is 378 g/mol. The molecule has 0 radical (unpaired) electrons. The van der Waals surface area contributed by atoms with Gasteiger partial charge in [-0.15, -0.1) is 5.10 Å². The molecule has 3 heterocycles. The third-order valence-electron chi connectivity index (χ3n) is 3.46. The maximum absolute atomic E-state index is 5.87. The van der Waals surface area contributed by atoms with Crippen molar-refractivity contribution in [3.05, 3.63) is 46.3 Å². The second-order valence-corrected chi connectivity index (χ2v) is 6.94. The summed E-state index contributed by atoms with van der Waals surface area (Å²) in [6.07, 6.45) is 3.69. The van der Waals surface area contributed by atoms with Crippen LogP contribution in [0.5, 0.6) is 0 Å². The third-order valence-corrected chi connectivity index (χ3v) is 4.22. The van der Waals surface area contributed by atoms with E-state index in [4.69, 9.17) is 16.4 Å². The van der Waals surface area contributed by atoms with Crippen molar-refractivity contribution >= 4 is 29.1 Å². The van der Waals surface area contributed by atoms with E-state index in [0.717, 1.165) is 11.3 Å². The zero-order valence-electron chi connectivity index (χ0n) is 14.5. The minimum Gasteiger partial charge on any atom is -0.391 e. The molecule has 0 atom stereocenters. The predicted octanol–water partition coefficient (Wildman–Crippen LogP) is 2.90. The fourth-order valence-electron chi connectivity index (χ4n) is 2.29. The lowest BCUT2D eigenvalue weighted by Crippen LogP contribution is -2.23. The van der Waals surface area contributed by atoms with Gasteiger partial charge in [0.15, 0.2) is 5.49 Å². The fraction of sp³-hybridized carbons (Fsp3) is 0.375. The van der Waals surface area contributed by atoms with E-state index in [1.165, 1.54) is 11.8 Å². The van der Waals surface area contributed by atoms with Crippen molar-refractivity contribution in [2.24, 2.45) is 5.16 Å². The number of pyridine rings is 1. The van der Waals surface area contributed by atoms with Gasteiger partial charge < -0.3 is 9.40 Å². The quantitative estimate of drug-likeness (QED) is 0.388. The highest BCUT2D eigenvalue weighted by Gasteiger charge is 2.12. The molecule has 0 bridgehead atoms. The van der Waals surface area contributed by atoms with Crippen molar-refractivity contribution < 1.29 is 4.84 Å². The summed E-state index contributed by atoms with van der Waals surface area (Å²) in [6.45, 7) is 6.47. The third kappa shape index (κ3) is 3.96. The van der Waals surface area contributed by atoms with E-state index in [-0.39, 0.29) is 6.10 Å². The Labute approximate surface area is 154 Å². The van der Waals surface area contributed by atoms with Gasteiger partial charge in [0, 0.05) is 18.0 Å². The summed E-state index contributed by atoms with van der Waals surface area (Å²) in [4.78, 5) is 14.1. The predicted molar refractivity (Wildman–Crippen MR) is 97.6 cm³/mol. The molecule has 0 N–H and O–H groups in total. The average molecular weight is 379 g/mol. The van der Waals surface area contributed by atoms with Gasteiger partial charge in [0.1, 0.15) is 11.3 Å². The van der Waals surface area contributed by atoms with Crippen LogP contribution in [0.1, 0.15) is 25.1 Å². The molecule has 0 saturated heterocycles. The van der Waals surface area contributed by atoms with Crippen molar-refractivity contribution in [2.45, 2.75) is 38.6 Å². The average Bonchev–Trinajstić information content (AvgIpc) is 3.02. The molecule has 3 aromatic rings. The number of hydrogen-bond donors (Lipinski definition) is 0. The van der Waals surface area contributed by atoms with Crippen LogP contribution in [0.2, 0.25) is 5.15 Å². The van der Waals surface area contributed by atoms with Crippen LogP contribution in [0, 0.1) is 6.92 Å². The van der Waals surface area contributed by atoms with Crippen molar-refractivity contribution in [1.82, 2.24) is 24.1 Å². The van der Waals surface area contributed by atoms with Crippen LogP contribution in [-0.2, 0) is 11.4 Å². The van der Waals surface area contributed by atoms with Crippen molar-refractivity contribution in [3.8, 4) is 0 Å². The van der Waals surface area contributed by atoms with Crippen LogP contribution < -0.4 is 5.49 Å². The standard InChI is InChI=1S/C16H19ClN6OS/c1-10(2)24-21-14-7-11(3)22(9-12-5-6-13(17)18-8-12)16-19-15(25-4)20-23(14)16/h5-8,10H,9H2,1-4H3. The second-order valence-electron chi connectivity index (χ2n) is 5.77. The topological polar surface area (TPSA) is 69.6 Å². The molecule has 9 heteroatoms. The number of rotatable bonds is 5. The minimum atomic E-state index is -0.00799. The number of aryl methyl sites for hydroxylation is 1. The Morgan fingerprint density at radius 1 is 1.36 bits per heavy atom. The summed E-state index contributed by atoms with van der Waals surface area (Å²) in [5.41, 5.74) is 2.63. The zero-order chi connectivity index (χ0) is 18.0. The molecule has 0 fully saturated rings. The highest BCUT2D eigenvalue weighted by Crippen LogP contribution is 2.14. The van der Waals surface area contributed by atoms with E-state index in [1.54, 1.807) is 16.8 Å². The molecule has 0 saturated carbocycles. The molecule has 3 aromatic heterocycles. The number of hydrogen-bond acceptors (Lipinski definition) is 6. The SMILES string of the molecule is CSc1nc2n(Cc3ccc(Cl)nc3)c(C)cc(=NOC(C)C)n2n1. The lowest BCUT2D eigenvalue weighted by Gasteiger charge is -2.12. The summed E-state index contributed by atoms with van der Waals surface area (Å²) >= 11 is 7.35. The molecule has 0 amide bonds. The normalized spacial score (nSPS) is 12.3. The van der Waals surface area contributed by atoms with Crippen LogP contribution in [0.3, 0.4) is 0 Å². The van der Waals surface area contributed by atoms with Crippen LogP contribution in [-0.4, -0.2) is 36.5 Å². The molecule has 7 nitrogen and oxygen atoms in total. The Morgan fingerprint density at radius 2 is 2.16 bits per heavy atom. The van der Waals surface area contributed by atoms with Crippen LogP contribution in [0.15, 0.2) is 34.7 Å². The Kier molecular flexibility index (Phi) is 5.29. The van der Waals surface area contributed by atoms with E-state index in [9.17, 15) is 0 Å².